The van der Waals surface area contributed by atoms with E-state index in [1.807, 2.05) is 13.8 Å². The van der Waals surface area contributed by atoms with Gasteiger partial charge in [0, 0.05) is 18.3 Å². The Morgan fingerprint density at radius 2 is 2.42 bits per heavy atom. The number of aromatic nitrogens is 2. The molecule has 4 nitrogen and oxygen atoms in total. The molecule has 0 saturated carbocycles. The molecule has 0 amide bonds. The lowest BCUT2D eigenvalue weighted by molar-refractivity contribution is -0.108. The molecule has 4 heteroatoms. The molecule has 1 aromatic heterocycles. The van der Waals surface area contributed by atoms with Crippen molar-refractivity contribution in [2.75, 3.05) is 0 Å². The molecule has 0 spiro atoms. The van der Waals surface area contributed by atoms with Crippen LogP contribution >= 0.6 is 0 Å². The molecular weight excluding hydrogens is 154 g/mol. The van der Waals surface area contributed by atoms with Crippen molar-refractivity contribution in [1.82, 2.24) is 9.97 Å². The van der Waals surface area contributed by atoms with Crippen molar-refractivity contribution in [1.29, 1.82) is 0 Å². The number of nitrogens with two attached hydrogens (primary N) is 1. The van der Waals surface area contributed by atoms with E-state index >= 15 is 0 Å². The Kier molecular flexibility index (Phi) is 5.91. The number of hydrogen-bond donors (Lipinski definition) is 2. The summed E-state index contributed by atoms with van der Waals surface area (Å²) < 4.78 is 0. The summed E-state index contributed by atoms with van der Waals surface area (Å²) in [6.45, 7) is 4.00. The van der Waals surface area contributed by atoms with E-state index in [4.69, 9.17) is 5.73 Å². The van der Waals surface area contributed by atoms with Crippen LogP contribution in [0, 0.1) is 0 Å². The Balaban J connectivity index is 0.000000561. The number of aldehydes is 1. The van der Waals surface area contributed by atoms with Gasteiger partial charge in [0.15, 0.2) is 0 Å². The molecule has 0 aliphatic carbocycles. The van der Waals surface area contributed by atoms with Gasteiger partial charge in [-0.15, -0.1) is 0 Å². The van der Waals surface area contributed by atoms with Gasteiger partial charge in [0.05, 0.1) is 12.4 Å². The van der Waals surface area contributed by atoms with Crippen LogP contribution in [0.5, 0.6) is 0 Å². The van der Waals surface area contributed by atoms with Gasteiger partial charge >= 0.3 is 0 Å². The number of carbonyl (C=O) groups is 1. The molecule has 0 saturated heterocycles. The van der Waals surface area contributed by atoms with Gasteiger partial charge in [0.25, 0.3) is 0 Å². The van der Waals surface area contributed by atoms with Crippen LogP contribution < -0.4 is 5.73 Å². The first-order valence-corrected chi connectivity index (χ1v) is 4.01. The molecule has 1 aromatic rings. The SMILES string of the molecule is CC.N[C@@H](C=O)Cc1cnc[nH]1. The number of carbonyl (C=O) groups excluding carboxylic acids is 1. The van der Waals surface area contributed by atoms with Gasteiger partial charge in [0.2, 0.25) is 0 Å². The predicted molar refractivity (Wildman–Crippen MR) is 47.7 cm³/mol. The maximum absolute atomic E-state index is 10.1. The van der Waals surface area contributed by atoms with E-state index in [1.165, 1.54) is 0 Å². The van der Waals surface area contributed by atoms with Crippen molar-refractivity contribution in [3.05, 3.63) is 18.2 Å². The third-order valence-corrected chi connectivity index (χ3v) is 1.19. The number of rotatable bonds is 3. The summed E-state index contributed by atoms with van der Waals surface area (Å²) in [7, 11) is 0. The average molecular weight is 169 g/mol. The zero-order valence-electron chi connectivity index (χ0n) is 7.45. The van der Waals surface area contributed by atoms with Gasteiger partial charge in [-0.1, -0.05) is 13.8 Å². The van der Waals surface area contributed by atoms with Crippen LogP contribution in [0.3, 0.4) is 0 Å². The van der Waals surface area contributed by atoms with Crippen LogP contribution in [-0.2, 0) is 11.2 Å². The predicted octanol–water partition coefficient (Wildman–Crippen LogP) is 0.505. The topological polar surface area (TPSA) is 71.8 Å². The van der Waals surface area contributed by atoms with E-state index in [-0.39, 0.29) is 0 Å². The molecule has 0 unspecified atom stereocenters. The lowest BCUT2D eigenvalue weighted by Gasteiger charge is -1.98. The lowest BCUT2D eigenvalue weighted by atomic mass is 10.2. The van der Waals surface area contributed by atoms with Crippen molar-refractivity contribution in [3.8, 4) is 0 Å². The van der Waals surface area contributed by atoms with E-state index in [2.05, 4.69) is 9.97 Å². The van der Waals surface area contributed by atoms with Crippen LogP contribution in [0.25, 0.3) is 0 Å². The molecule has 0 aromatic carbocycles. The minimum atomic E-state index is -0.416. The van der Waals surface area contributed by atoms with E-state index in [1.54, 1.807) is 12.5 Å². The van der Waals surface area contributed by atoms with E-state index < -0.39 is 6.04 Å². The first kappa shape index (κ1) is 10.8. The molecule has 0 aliphatic rings. The highest BCUT2D eigenvalue weighted by Crippen LogP contribution is 1.93. The number of imidazole rings is 1. The van der Waals surface area contributed by atoms with Crippen LogP contribution in [0.1, 0.15) is 19.5 Å². The molecule has 0 bridgehead atoms. The molecule has 1 atom stereocenters. The summed E-state index contributed by atoms with van der Waals surface area (Å²) in [5.41, 5.74) is 6.24. The summed E-state index contributed by atoms with van der Waals surface area (Å²) in [5, 5.41) is 0. The standard InChI is InChI=1S/C6H9N3O.C2H6/c7-5(3-10)1-6-2-8-4-9-6;1-2/h2-5H,1,7H2,(H,8,9);1-2H3/t5-;/m1./s1. The monoisotopic (exact) mass is 169 g/mol. The third kappa shape index (κ3) is 3.88. The third-order valence-electron chi connectivity index (χ3n) is 1.19. The first-order chi connectivity index (χ1) is 5.83. The second-order valence-corrected chi connectivity index (χ2v) is 2.08. The first-order valence-electron chi connectivity index (χ1n) is 4.01. The maximum Gasteiger partial charge on any atom is 0.137 e. The highest BCUT2D eigenvalue weighted by atomic mass is 16.1. The molecule has 1 rings (SSSR count). The van der Waals surface area contributed by atoms with Crippen molar-refractivity contribution in [2.45, 2.75) is 26.3 Å². The number of aromatic amines is 1. The van der Waals surface area contributed by atoms with Crippen molar-refractivity contribution >= 4 is 6.29 Å². The van der Waals surface area contributed by atoms with Crippen molar-refractivity contribution in [2.24, 2.45) is 5.73 Å². The summed E-state index contributed by atoms with van der Waals surface area (Å²) >= 11 is 0. The zero-order chi connectivity index (χ0) is 9.40. The highest BCUT2D eigenvalue weighted by molar-refractivity contribution is 5.57. The Labute approximate surface area is 72.2 Å². The largest absolute Gasteiger partial charge is 0.348 e. The van der Waals surface area contributed by atoms with Gasteiger partial charge in [-0.25, -0.2) is 4.98 Å². The van der Waals surface area contributed by atoms with E-state index in [9.17, 15) is 4.79 Å². The Morgan fingerprint density at radius 1 is 1.75 bits per heavy atom. The normalized spacial score (nSPS) is 11.2. The van der Waals surface area contributed by atoms with Crippen LogP contribution in [0.2, 0.25) is 0 Å². The number of nitrogens with one attached hydrogen (secondary N) is 1. The van der Waals surface area contributed by atoms with Gasteiger partial charge in [-0.2, -0.15) is 0 Å². The lowest BCUT2D eigenvalue weighted by Crippen LogP contribution is -2.24. The second kappa shape index (κ2) is 6.54. The van der Waals surface area contributed by atoms with E-state index in [0.717, 1.165) is 12.0 Å². The summed E-state index contributed by atoms with van der Waals surface area (Å²) in [5.74, 6) is 0. The highest BCUT2D eigenvalue weighted by Gasteiger charge is 2.01. The number of hydrogen-bond acceptors (Lipinski definition) is 3. The van der Waals surface area contributed by atoms with Crippen molar-refractivity contribution in [3.63, 3.8) is 0 Å². The molecule has 0 aliphatic heterocycles. The van der Waals surface area contributed by atoms with Crippen molar-refractivity contribution < 1.29 is 4.79 Å². The Bertz CT molecular complexity index is 196. The van der Waals surface area contributed by atoms with Crippen LogP contribution in [0.15, 0.2) is 12.5 Å². The van der Waals surface area contributed by atoms with E-state index in [0.29, 0.717) is 6.42 Å². The quantitative estimate of drug-likeness (QED) is 0.647. The molecule has 0 fully saturated rings. The fourth-order valence-corrected chi connectivity index (χ4v) is 0.698. The molecule has 1 heterocycles. The molecule has 0 radical (unpaired) electrons. The number of nitrogens with zero attached hydrogens (tertiary/aromatic N) is 1. The fraction of sp³-hybridized carbons (Fsp3) is 0.500. The van der Waals surface area contributed by atoms with Gasteiger partial charge < -0.3 is 15.5 Å². The molecule has 12 heavy (non-hydrogen) atoms. The summed E-state index contributed by atoms with van der Waals surface area (Å²) in [4.78, 5) is 16.7. The van der Waals surface area contributed by atoms with Gasteiger partial charge in [0.1, 0.15) is 6.29 Å². The molecule has 68 valence electrons. The average Bonchev–Trinajstić information content (AvgIpc) is 2.60. The molecule has 3 N–H and O–H groups in total. The minimum absolute atomic E-state index is 0.416. The molecular formula is C8H15N3O. The zero-order valence-corrected chi connectivity index (χ0v) is 7.45. The summed E-state index contributed by atoms with van der Waals surface area (Å²) in [6.07, 6.45) is 4.47. The van der Waals surface area contributed by atoms with Gasteiger partial charge in [-0.05, 0) is 0 Å². The van der Waals surface area contributed by atoms with Gasteiger partial charge in [-0.3, -0.25) is 0 Å². The number of H-pyrrole nitrogens is 1. The summed E-state index contributed by atoms with van der Waals surface area (Å²) in [6, 6.07) is -0.416. The Morgan fingerprint density at radius 3 is 2.83 bits per heavy atom. The van der Waals surface area contributed by atoms with Crippen LogP contribution in [0.4, 0.5) is 0 Å². The fourth-order valence-electron chi connectivity index (χ4n) is 0.698. The Hall–Kier alpha value is -1.16. The second-order valence-electron chi connectivity index (χ2n) is 2.08. The smallest absolute Gasteiger partial charge is 0.137 e. The maximum atomic E-state index is 10.1. The minimum Gasteiger partial charge on any atom is -0.348 e. The van der Waals surface area contributed by atoms with Crippen LogP contribution in [-0.4, -0.2) is 22.3 Å².